The summed E-state index contributed by atoms with van der Waals surface area (Å²) in [5.41, 5.74) is -0.871. The third kappa shape index (κ3) is 7.61. The van der Waals surface area contributed by atoms with Crippen LogP contribution in [0.5, 0.6) is 5.88 Å². The zero-order valence-corrected chi connectivity index (χ0v) is 18.8. The average Bonchev–Trinajstić information content (AvgIpc) is 2.64. The SMILES string of the molecule is CN=C(NCCOc1ncccc1C(F)(F)F)NC1CCN(C(C)C)CC1.I. The fourth-order valence-corrected chi connectivity index (χ4v) is 2.99. The Kier molecular flexibility index (Phi) is 10.3. The van der Waals surface area contributed by atoms with Crippen LogP contribution in [0.3, 0.4) is 0 Å². The first-order chi connectivity index (χ1) is 12.8. The predicted octanol–water partition coefficient (Wildman–Crippen LogP) is 3.14. The molecule has 1 aliphatic heterocycles. The first kappa shape index (κ1) is 24.7. The second-order valence-corrected chi connectivity index (χ2v) is 6.75. The molecule has 0 atom stereocenters. The molecule has 6 nitrogen and oxygen atoms in total. The van der Waals surface area contributed by atoms with Crippen LogP contribution in [0.1, 0.15) is 32.3 Å². The summed E-state index contributed by atoms with van der Waals surface area (Å²) in [4.78, 5) is 10.3. The van der Waals surface area contributed by atoms with E-state index in [1.165, 1.54) is 12.3 Å². The Labute approximate surface area is 181 Å². The molecule has 1 fully saturated rings. The van der Waals surface area contributed by atoms with E-state index in [1.807, 2.05) is 0 Å². The fraction of sp³-hybridized carbons (Fsp3) is 0.667. The van der Waals surface area contributed by atoms with Crippen molar-refractivity contribution in [3.05, 3.63) is 23.9 Å². The van der Waals surface area contributed by atoms with Crippen molar-refractivity contribution in [3.8, 4) is 5.88 Å². The van der Waals surface area contributed by atoms with Crippen molar-refractivity contribution in [2.75, 3.05) is 33.3 Å². The number of guanidine groups is 1. The van der Waals surface area contributed by atoms with Crippen molar-refractivity contribution in [3.63, 3.8) is 0 Å². The second-order valence-electron chi connectivity index (χ2n) is 6.75. The highest BCUT2D eigenvalue weighted by molar-refractivity contribution is 14.0. The van der Waals surface area contributed by atoms with Crippen LogP contribution in [0.25, 0.3) is 0 Å². The molecule has 1 aromatic heterocycles. The lowest BCUT2D eigenvalue weighted by molar-refractivity contribution is -0.139. The molecule has 0 unspecified atom stereocenters. The van der Waals surface area contributed by atoms with Gasteiger partial charge in [0.15, 0.2) is 5.96 Å². The quantitative estimate of drug-likeness (QED) is 0.264. The Morgan fingerprint density at radius 3 is 2.61 bits per heavy atom. The molecule has 0 bridgehead atoms. The Morgan fingerprint density at radius 1 is 1.36 bits per heavy atom. The molecule has 0 aromatic carbocycles. The highest BCUT2D eigenvalue weighted by Gasteiger charge is 2.35. The molecule has 0 spiro atoms. The molecule has 2 heterocycles. The molecular weight excluding hydrogens is 486 g/mol. The number of nitrogens with zero attached hydrogens (tertiary/aromatic N) is 3. The van der Waals surface area contributed by atoms with E-state index in [1.54, 1.807) is 7.05 Å². The lowest BCUT2D eigenvalue weighted by Gasteiger charge is -2.35. The maximum absolute atomic E-state index is 12.9. The second kappa shape index (κ2) is 11.6. The number of likely N-dealkylation sites (tertiary alicyclic amines) is 1. The number of rotatable bonds is 6. The van der Waals surface area contributed by atoms with E-state index in [0.29, 0.717) is 24.6 Å². The minimum Gasteiger partial charge on any atom is -0.475 e. The van der Waals surface area contributed by atoms with Gasteiger partial charge in [0.2, 0.25) is 5.88 Å². The van der Waals surface area contributed by atoms with E-state index in [0.717, 1.165) is 32.0 Å². The summed E-state index contributed by atoms with van der Waals surface area (Å²) in [6, 6.07) is 3.08. The van der Waals surface area contributed by atoms with Crippen LogP contribution >= 0.6 is 24.0 Å². The fourth-order valence-electron chi connectivity index (χ4n) is 2.99. The van der Waals surface area contributed by atoms with Crippen molar-refractivity contribution in [2.24, 2.45) is 4.99 Å². The Morgan fingerprint density at radius 2 is 2.04 bits per heavy atom. The maximum atomic E-state index is 12.9. The minimum absolute atomic E-state index is 0. The Hall–Kier alpha value is -1.30. The van der Waals surface area contributed by atoms with E-state index in [-0.39, 0.29) is 30.6 Å². The third-order valence-electron chi connectivity index (χ3n) is 4.53. The van der Waals surface area contributed by atoms with Gasteiger partial charge in [-0.2, -0.15) is 13.2 Å². The molecule has 2 N–H and O–H groups in total. The summed E-state index contributed by atoms with van der Waals surface area (Å²) in [6.45, 7) is 6.83. The third-order valence-corrected chi connectivity index (χ3v) is 4.53. The Bertz CT molecular complexity index is 619. The van der Waals surface area contributed by atoms with Gasteiger partial charge in [-0.3, -0.25) is 4.99 Å². The smallest absolute Gasteiger partial charge is 0.421 e. The molecule has 0 radical (unpaired) electrons. The number of alkyl halides is 3. The number of hydrogen-bond acceptors (Lipinski definition) is 4. The first-order valence-corrected chi connectivity index (χ1v) is 9.17. The highest BCUT2D eigenvalue weighted by Crippen LogP contribution is 2.34. The zero-order valence-electron chi connectivity index (χ0n) is 16.4. The zero-order chi connectivity index (χ0) is 19.9. The molecule has 0 amide bonds. The molecule has 2 rings (SSSR count). The number of nitrogens with one attached hydrogen (secondary N) is 2. The van der Waals surface area contributed by atoms with Gasteiger partial charge in [0.25, 0.3) is 0 Å². The molecule has 1 aliphatic rings. The summed E-state index contributed by atoms with van der Waals surface area (Å²) < 4.78 is 43.9. The van der Waals surface area contributed by atoms with Crippen LogP contribution < -0.4 is 15.4 Å². The Balaban J connectivity index is 0.00000392. The topological polar surface area (TPSA) is 61.8 Å². The summed E-state index contributed by atoms with van der Waals surface area (Å²) >= 11 is 0. The molecule has 0 saturated carbocycles. The molecule has 1 saturated heterocycles. The van der Waals surface area contributed by atoms with Gasteiger partial charge in [-0.15, -0.1) is 24.0 Å². The van der Waals surface area contributed by atoms with Gasteiger partial charge in [-0.25, -0.2) is 4.98 Å². The monoisotopic (exact) mass is 515 g/mol. The van der Waals surface area contributed by atoms with Crippen molar-refractivity contribution < 1.29 is 17.9 Å². The summed E-state index contributed by atoms with van der Waals surface area (Å²) in [5.74, 6) is 0.217. The molecule has 28 heavy (non-hydrogen) atoms. The van der Waals surface area contributed by atoms with Gasteiger partial charge in [0, 0.05) is 38.4 Å². The molecule has 1 aromatic rings. The average molecular weight is 515 g/mol. The summed E-state index contributed by atoms with van der Waals surface area (Å²) in [7, 11) is 1.67. The number of pyridine rings is 1. The van der Waals surface area contributed by atoms with Gasteiger partial charge >= 0.3 is 6.18 Å². The number of halogens is 4. The normalized spacial score (nSPS) is 16.6. The van der Waals surface area contributed by atoms with Crippen LogP contribution in [0.2, 0.25) is 0 Å². The van der Waals surface area contributed by atoms with E-state index >= 15 is 0 Å². The molecule has 0 aliphatic carbocycles. The first-order valence-electron chi connectivity index (χ1n) is 9.17. The number of aromatic nitrogens is 1. The standard InChI is InChI=1S/C18H28F3N5O.HI/c1-13(2)26-10-6-14(7-11-26)25-17(22-3)24-9-12-27-16-15(18(19,20)21)5-4-8-23-16;/h4-5,8,13-14H,6-7,9-12H2,1-3H3,(H2,22,24,25);1H. The van der Waals surface area contributed by atoms with Crippen LogP contribution in [0, 0.1) is 0 Å². The molecule has 10 heteroatoms. The predicted molar refractivity (Wildman–Crippen MR) is 114 cm³/mol. The maximum Gasteiger partial charge on any atom is 0.421 e. The molecule has 160 valence electrons. The van der Waals surface area contributed by atoms with Gasteiger partial charge in [0.05, 0.1) is 6.54 Å². The number of ether oxygens (including phenoxy) is 1. The largest absolute Gasteiger partial charge is 0.475 e. The van der Waals surface area contributed by atoms with Crippen molar-refractivity contribution in [2.45, 2.75) is 44.9 Å². The van der Waals surface area contributed by atoms with E-state index in [2.05, 4.69) is 39.4 Å². The lowest BCUT2D eigenvalue weighted by Crippen LogP contribution is -2.50. The highest BCUT2D eigenvalue weighted by atomic mass is 127. The van der Waals surface area contributed by atoms with E-state index in [9.17, 15) is 13.2 Å². The van der Waals surface area contributed by atoms with E-state index < -0.39 is 17.6 Å². The van der Waals surface area contributed by atoms with Crippen LogP contribution in [-0.4, -0.2) is 61.2 Å². The van der Waals surface area contributed by atoms with Gasteiger partial charge in [-0.1, -0.05) is 0 Å². The number of hydrogen-bond donors (Lipinski definition) is 2. The van der Waals surface area contributed by atoms with Gasteiger partial charge in [0.1, 0.15) is 12.2 Å². The van der Waals surface area contributed by atoms with Crippen LogP contribution in [-0.2, 0) is 6.18 Å². The van der Waals surface area contributed by atoms with Crippen LogP contribution in [0.15, 0.2) is 23.3 Å². The van der Waals surface area contributed by atoms with Gasteiger partial charge in [-0.05, 0) is 38.8 Å². The minimum atomic E-state index is -4.49. The van der Waals surface area contributed by atoms with E-state index in [4.69, 9.17) is 4.74 Å². The van der Waals surface area contributed by atoms with Crippen LogP contribution in [0.4, 0.5) is 13.2 Å². The molecular formula is C18H29F3IN5O. The number of aliphatic imine (C=N–C) groups is 1. The lowest BCUT2D eigenvalue weighted by atomic mass is 10.0. The summed E-state index contributed by atoms with van der Waals surface area (Å²) in [5, 5.41) is 6.43. The number of piperidine rings is 1. The summed E-state index contributed by atoms with van der Waals surface area (Å²) in [6.07, 6.45) is -1.15. The van der Waals surface area contributed by atoms with Crippen molar-refractivity contribution >= 4 is 29.9 Å². The van der Waals surface area contributed by atoms with Crippen molar-refractivity contribution in [1.82, 2.24) is 20.5 Å². The van der Waals surface area contributed by atoms with Crippen molar-refractivity contribution in [1.29, 1.82) is 0 Å². The van der Waals surface area contributed by atoms with Gasteiger partial charge < -0.3 is 20.3 Å².